The maximum atomic E-state index is 5.15. The molecule has 2 rings (SSSR count). The van der Waals surface area contributed by atoms with Gasteiger partial charge in [-0.05, 0) is 48.9 Å². The van der Waals surface area contributed by atoms with E-state index in [9.17, 15) is 0 Å². The number of ether oxygens (including phenoxy) is 1. The van der Waals surface area contributed by atoms with Gasteiger partial charge in [0.25, 0.3) is 0 Å². The SMILES string of the molecule is COc1ccc(NCC2CCCC(C)C2)cc1. The van der Waals surface area contributed by atoms with Gasteiger partial charge in [0.1, 0.15) is 5.75 Å². The number of hydrogen-bond acceptors (Lipinski definition) is 2. The molecule has 0 saturated heterocycles. The molecule has 1 aliphatic carbocycles. The van der Waals surface area contributed by atoms with E-state index < -0.39 is 0 Å². The summed E-state index contributed by atoms with van der Waals surface area (Å²) >= 11 is 0. The molecule has 1 aromatic carbocycles. The molecule has 0 radical (unpaired) electrons. The first-order valence-corrected chi connectivity index (χ1v) is 6.66. The largest absolute Gasteiger partial charge is 0.497 e. The van der Waals surface area contributed by atoms with Crippen molar-refractivity contribution in [2.24, 2.45) is 11.8 Å². The lowest BCUT2D eigenvalue weighted by Gasteiger charge is -2.27. The Kier molecular flexibility index (Phi) is 4.29. The van der Waals surface area contributed by atoms with Crippen LogP contribution in [0.2, 0.25) is 0 Å². The first-order chi connectivity index (χ1) is 8.28. The molecule has 1 N–H and O–H groups in total. The van der Waals surface area contributed by atoms with E-state index in [2.05, 4.69) is 24.4 Å². The molecular weight excluding hydrogens is 210 g/mol. The van der Waals surface area contributed by atoms with Gasteiger partial charge in [-0.15, -0.1) is 0 Å². The summed E-state index contributed by atoms with van der Waals surface area (Å²) < 4.78 is 5.15. The second kappa shape index (κ2) is 5.95. The summed E-state index contributed by atoms with van der Waals surface area (Å²) in [7, 11) is 1.70. The third kappa shape index (κ3) is 3.65. The predicted molar refractivity (Wildman–Crippen MR) is 72.6 cm³/mol. The summed E-state index contributed by atoms with van der Waals surface area (Å²) in [6.07, 6.45) is 5.58. The van der Waals surface area contributed by atoms with Crippen LogP contribution in [0, 0.1) is 11.8 Å². The Morgan fingerprint density at radius 3 is 2.65 bits per heavy atom. The third-order valence-electron chi connectivity index (χ3n) is 3.73. The van der Waals surface area contributed by atoms with E-state index in [4.69, 9.17) is 4.74 Å². The summed E-state index contributed by atoms with van der Waals surface area (Å²) in [5.41, 5.74) is 1.20. The summed E-state index contributed by atoms with van der Waals surface area (Å²) in [6, 6.07) is 8.19. The van der Waals surface area contributed by atoms with Crippen molar-refractivity contribution < 1.29 is 4.74 Å². The molecule has 0 heterocycles. The molecule has 0 aromatic heterocycles. The maximum Gasteiger partial charge on any atom is 0.119 e. The Labute approximate surface area is 104 Å². The Bertz CT molecular complexity index is 333. The van der Waals surface area contributed by atoms with E-state index in [0.29, 0.717) is 0 Å². The fraction of sp³-hybridized carbons (Fsp3) is 0.600. The van der Waals surface area contributed by atoms with Crippen LogP contribution in [-0.2, 0) is 0 Å². The van der Waals surface area contributed by atoms with E-state index in [1.165, 1.54) is 31.4 Å². The number of methoxy groups -OCH3 is 1. The van der Waals surface area contributed by atoms with Crippen molar-refractivity contribution >= 4 is 5.69 Å². The monoisotopic (exact) mass is 233 g/mol. The highest BCUT2D eigenvalue weighted by molar-refractivity contribution is 5.46. The first kappa shape index (κ1) is 12.3. The fourth-order valence-corrected chi connectivity index (χ4v) is 2.72. The Balaban J connectivity index is 1.80. The average Bonchev–Trinajstić information content (AvgIpc) is 2.37. The predicted octanol–water partition coefficient (Wildman–Crippen LogP) is 3.93. The molecule has 17 heavy (non-hydrogen) atoms. The molecule has 1 aliphatic rings. The first-order valence-electron chi connectivity index (χ1n) is 6.66. The minimum atomic E-state index is 0.848. The minimum Gasteiger partial charge on any atom is -0.497 e. The van der Waals surface area contributed by atoms with Gasteiger partial charge in [-0.1, -0.05) is 19.8 Å². The van der Waals surface area contributed by atoms with Crippen LogP contribution in [0.1, 0.15) is 32.6 Å². The van der Waals surface area contributed by atoms with Gasteiger partial charge in [0.2, 0.25) is 0 Å². The van der Waals surface area contributed by atoms with Gasteiger partial charge in [0.15, 0.2) is 0 Å². The topological polar surface area (TPSA) is 21.3 Å². The van der Waals surface area contributed by atoms with Gasteiger partial charge in [-0.25, -0.2) is 0 Å². The zero-order valence-corrected chi connectivity index (χ0v) is 10.9. The van der Waals surface area contributed by atoms with Crippen LogP contribution >= 0.6 is 0 Å². The zero-order chi connectivity index (χ0) is 12.1. The van der Waals surface area contributed by atoms with Crippen LogP contribution < -0.4 is 10.1 Å². The molecular formula is C15H23NO. The van der Waals surface area contributed by atoms with Crippen LogP contribution in [-0.4, -0.2) is 13.7 Å². The van der Waals surface area contributed by atoms with Gasteiger partial charge >= 0.3 is 0 Å². The maximum absolute atomic E-state index is 5.15. The Morgan fingerprint density at radius 2 is 2.00 bits per heavy atom. The Morgan fingerprint density at radius 1 is 1.24 bits per heavy atom. The molecule has 1 fully saturated rings. The van der Waals surface area contributed by atoms with Gasteiger partial charge in [0, 0.05) is 12.2 Å². The van der Waals surface area contributed by atoms with Crippen molar-refractivity contribution in [2.75, 3.05) is 19.0 Å². The average molecular weight is 233 g/mol. The van der Waals surface area contributed by atoms with Crippen molar-refractivity contribution in [1.82, 2.24) is 0 Å². The summed E-state index contributed by atoms with van der Waals surface area (Å²) in [5.74, 6) is 2.68. The highest BCUT2D eigenvalue weighted by Crippen LogP contribution is 2.28. The van der Waals surface area contributed by atoms with E-state index in [-0.39, 0.29) is 0 Å². The van der Waals surface area contributed by atoms with Crippen LogP contribution in [0.3, 0.4) is 0 Å². The quantitative estimate of drug-likeness (QED) is 0.850. The van der Waals surface area contributed by atoms with Crippen molar-refractivity contribution in [3.8, 4) is 5.75 Å². The molecule has 0 aliphatic heterocycles. The van der Waals surface area contributed by atoms with Crippen LogP contribution in [0.15, 0.2) is 24.3 Å². The van der Waals surface area contributed by atoms with Gasteiger partial charge in [0.05, 0.1) is 7.11 Å². The van der Waals surface area contributed by atoms with E-state index in [0.717, 1.165) is 24.1 Å². The van der Waals surface area contributed by atoms with Crippen molar-refractivity contribution in [2.45, 2.75) is 32.6 Å². The number of hydrogen-bond donors (Lipinski definition) is 1. The van der Waals surface area contributed by atoms with Crippen molar-refractivity contribution in [3.63, 3.8) is 0 Å². The normalized spacial score (nSPS) is 24.4. The number of anilines is 1. The number of nitrogens with one attached hydrogen (secondary N) is 1. The lowest BCUT2D eigenvalue weighted by atomic mass is 9.82. The highest BCUT2D eigenvalue weighted by atomic mass is 16.5. The van der Waals surface area contributed by atoms with Gasteiger partial charge in [-0.2, -0.15) is 0 Å². The van der Waals surface area contributed by atoms with Gasteiger partial charge in [-0.3, -0.25) is 0 Å². The number of benzene rings is 1. The molecule has 2 heteroatoms. The molecule has 94 valence electrons. The molecule has 1 aromatic rings. The standard InChI is InChI=1S/C15H23NO/c1-12-4-3-5-13(10-12)11-16-14-6-8-15(17-2)9-7-14/h6-9,12-13,16H,3-5,10-11H2,1-2H3. The molecule has 2 atom stereocenters. The fourth-order valence-electron chi connectivity index (χ4n) is 2.72. The van der Waals surface area contributed by atoms with Crippen molar-refractivity contribution in [1.29, 1.82) is 0 Å². The number of rotatable bonds is 4. The molecule has 0 bridgehead atoms. The second-order valence-electron chi connectivity index (χ2n) is 5.25. The lowest BCUT2D eigenvalue weighted by molar-refractivity contribution is 0.293. The van der Waals surface area contributed by atoms with E-state index >= 15 is 0 Å². The molecule has 2 unspecified atom stereocenters. The van der Waals surface area contributed by atoms with E-state index in [1.807, 2.05) is 12.1 Å². The highest BCUT2D eigenvalue weighted by Gasteiger charge is 2.18. The van der Waals surface area contributed by atoms with Crippen LogP contribution in [0.25, 0.3) is 0 Å². The lowest BCUT2D eigenvalue weighted by Crippen LogP contribution is -2.20. The van der Waals surface area contributed by atoms with E-state index in [1.54, 1.807) is 7.11 Å². The molecule has 2 nitrogen and oxygen atoms in total. The molecule has 1 saturated carbocycles. The second-order valence-corrected chi connectivity index (χ2v) is 5.25. The summed E-state index contributed by atoms with van der Waals surface area (Å²) in [5, 5.41) is 3.53. The summed E-state index contributed by atoms with van der Waals surface area (Å²) in [4.78, 5) is 0. The molecule has 0 spiro atoms. The molecule has 0 amide bonds. The van der Waals surface area contributed by atoms with Crippen molar-refractivity contribution in [3.05, 3.63) is 24.3 Å². The van der Waals surface area contributed by atoms with Crippen LogP contribution in [0.4, 0.5) is 5.69 Å². The smallest absolute Gasteiger partial charge is 0.119 e. The Hall–Kier alpha value is -1.18. The van der Waals surface area contributed by atoms with Crippen LogP contribution in [0.5, 0.6) is 5.75 Å². The minimum absolute atomic E-state index is 0.848. The van der Waals surface area contributed by atoms with Gasteiger partial charge < -0.3 is 10.1 Å². The third-order valence-corrected chi connectivity index (χ3v) is 3.73. The summed E-state index contributed by atoms with van der Waals surface area (Å²) in [6.45, 7) is 3.48. The zero-order valence-electron chi connectivity index (χ0n) is 10.9.